The number of hydrogen-bond donors (Lipinski definition) is 2. The Kier molecular flexibility index (Phi) is 3.43. The number of anilines is 3. The number of rotatable bonds is 3. The zero-order valence-corrected chi connectivity index (χ0v) is 11.5. The Balaban J connectivity index is 1.72. The number of pyridine rings is 1. The van der Waals surface area contributed by atoms with Gasteiger partial charge in [-0.1, -0.05) is 12.1 Å². The van der Waals surface area contributed by atoms with E-state index in [1.807, 2.05) is 0 Å². The maximum Gasteiger partial charge on any atom is 0.323 e. The molecule has 0 aliphatic carbocycles. The summed E-state index contributed by atoms with van der Waals surface area (Å²) < 4.78 is 13.5. The molecule has 2 heterocycles. The number of hydrogen-bond acceptors (Lipinski definition) is 3. The largest absolute Gasteiger partial charge is 0.348 e. The molecule has 2 N–H and O–H groups in total. The van der Waals surface area contributed by atoms with Crippen molar-refractivity contribution in [1.29, 1.82) is 0 Å². The lowest BCUT2D eigenvalue weighted by molar-refractivity contribution is 0.262. The number of nitrogens with one attached hydrogen (secondary N) is 2. The van der Waals surface area contributed by atoms with Gasteiger partial charge < -0.3 is 15.5 Å². The van der Waals surface area contributed by atoms with Crippen molar-refractivity contribution in [2.45, 2.75) is 13.0 Å². The summed E-state index contributed by atoms with van der Waals surface area (Å²) in [6, 6.07) is 9.48. The summed E-state index contributed by atoms with van der Waals surface area (Å²) >= 11 is 0. The summed E-state index contributed by atoms with van der Waals surface area (Å²) in [5, 5.41) is 5.19. The summed E-state index contributed by atoms with van der Waals surface area (Å²) in [6.07, 6.45) is 1.68. The summed E-state index contributed by atoms with van der Waals surface area (Å²) in [5.74, 6) is 0.257. The van der Waals surface area contributed by atoms with E-state index >= 15 is 0 Å². The van der Waals surface area contributed by atoms with Crippen molar-refractivity contribution in [3.05, 3.63) is 48.4 Å². The molecule has 1 fully saturated rings. The third-order valence-electron chi connectivity index (χ3n) is 3.29. The van der Waals surface area contributed by atoms with E-state index < -0.39 is 11.8 Å². The van der Waals surface area contributed by atoms with Gasteiger partial charge in [-0.15, -0.1) is 0 Å². The minimum atomic E-state index is -0.496. The lowest BCUT2D eigenvalue weighted by atomic mass is 10.3. The Bertz CT molecular complexity index is 676. The number of para-hydroxylation sites is 1. The molecular formula is C15H15FN4O. The molecule has 5 nitrogen and oxygen atoms in total. The van der Waals surface area contributed by atoms with E-state index in [9.17, 15) is 9.18 Å². The molecule has 3 rings (SSSR count). The average Bonchev–Trinajstić information content (AvgIpc) is 3.19. The van der Waals surface area contributed by atoms with Crippen LogP contribution in [-0.4, -0.2) is 23.6 Å². The van der Waals surface area contributed by atoms with Crippen LogP contribution >= 0.6 is 0 Å². The lowest BCUT2D eigenvalue weighted by Gasteiger charge is -2.12. The molecule has 1 aliphatic rings. The quantitative estimate of drug-likeness (QED) is 0.853. The molecule has 0 spiro atoms. The minimum Gasteiger partial charge on any atom is -0.348 e. The molecule has 1 atom stereocenters. The summed E-state index contributed by atoms with van der Waals surface area (Å²) in [4.78, 5) is 18.3. The van der Waals surface area contributed by atoms with E-state index in [4.69, 9.17) is 0 Å². The van der Waals surface area contributed by atoms with Crippen LogP contribution < -0.4 is 15.5 Å². The number of carbonyl (C=O) groups is 1. The molecule has 2 amide bonds. The Morgan fingerprint density at radius 3 is 2.62 bits per heavy atom. The van der Waals surface area contributed by atoms with Crippen LogP contribution in [0.15, 0.2) is 42.6 Å². The fraction of sp³-hybridized carbons (Fsp3) is 0.200. The lowest BCUT2D eigenvalue weighted by Crippen LogP contribution is -2.21. The van der Waals surface area contributed by atoms with Gasteiger partial charge in [0.05, 0.1) is 11.4 Å². The number of aromatic nitrogens is 1. The molecule has 6 heteroatoms. The first-order chi connectivity index (χ1) is 10.1. The van der Waals surface area contributed by atoms with Gasteiger partial charge in [0, 0.05) is 18.8 Å². The number of halogens is 1. The first-order valence-electron chi connectivity index (χ1n) is 6.69. The average molecular weight is 286 g/mol. The van der Waals surface area contributed by atoms with E-state index in [1.54, 1.807) is 30.5 Å². The van der Waals surface area contributed by atoms with Crippen LogP contribution in [0, 0.1) is 5.82 Å². The molecular weight excluding hydrogens is 271 g/mol. The van der Waals surface area contributed by atoms with Crippen LogP contribution in [0.25, 0.3) is 0 Å². The van der Waals surface area contributed by atoms with Gasteiger partial charge in [-0.3, -0.25) is 0 Å². The minimum absolute atomic E-state index is 0.139. The summed E-state index contributed by atoms with van der Waals surface area (Å²) in [5.41, 5.74) is 0.747. The van der Waals surface area contributed by atoms with Crippen molar-refractivity contribution < 1.29 is 9.18 Å². The van der Waals surface area contributed by atoms with E-state index in [0.717, 1.165) is 12.4 Å². The van der Waals surface area contributed by atoms with Gasteiger partial charge in [0.25, 0.3) is 0 Å². The molecule has 0 saturated carbocycles. The first-order valence-corrected chi connectivity index (χ1v) is 6.69. The van der Waals surface area contributed by atoms with Crippen molar-refractivity contribution in [2.24, 2.45) is 0 Å². The molecule has 1 saturated heterocycles. The molecule has 108 valence electrons. The molecule has 21 heavy (non-hydrogen) atoms. The maximum atomic E-state index is 13.5. The van der Waals surface area contributed by atoms with Crippen LogP contribution in [0.3, 0.4) is 0 Å². The highest BCUT2D eigenvalue weighted by Crippen LogP contribution is 2.31. The van der Waals surface area contributed by atoms with E-state index in [-0.39, 0.29) is 5.69 Å². The smallest absolute Gasteiger partial charge is 0.323 e. The number of amides is 2. The molecule has 1 unspecified atom stereocenters. The standard InChI is InChI=1S/C15H15FN4O/c1-10-9-20(10)14-13(7-4-8-17-14)19-15(21)18-12-6-3-2-5-11(12)16/h2-8,10H,9H2,1H3,(H2,18,19,21). The second kappa shape index (κ2) is 5.40. The fourth-order valence-corrected chi connectivity index (χ4v) is 2.09. The number of urea groups is 1. The zero-order chi connectivity index (χ0) is 14.8. The van der Waals surface area contributed by atoms with Gasteiger partial charge in [0.15, 0.2) is 5.82 Å². The zero-order valence-electron chi connectivity index (χ0n) is 11.5. The second-order valence-corrected chi connectivity index (χ2v) is 4.93. The first kappa shape index (κ1) is 13.4. The van der Waals surface area contributed by atoms with Crippen LogP contribution in [0.2, 0.25) is 0 Å². The van der Waals surface area contributed by atoms with E-state index in [2.05, 4.69) is 27.4 Å². The summed E-state index contributed by atoms with van der Waals surface area (Å²) in [7, 11) is 0. The monoisotopic (exact) mass is 286 g/mol. The van der Waals surface area contributed by atoms with Crippen molar-refractivity contribution in [3.63, 3.8) is 0 Å². The maximum absolute atomic E-state index is 13.5. The van der Waals surface area contributed by atoms with Crippen molar-refractivity contribution in [3.8, 4) is 0 Å². The third kappa shape index (κ3) is 2.94. The van der Waals surface area contributed by atoms with E-state index in [0.29, 0.717) is 11.7 Å². The molecule has 0 bridgehead atoms. The normalized spacial score (nSPS) is 16.5. The Morgan fingerprint density at radius 2 is 1.90 bits per heavy atom. The van der Waals surface area contributed by atoms with Gasteiger partial charge in [-0.25, -0.2) is 14.2 Å². The van der Waals surface area contributed by atoms with Crippen molar-refractivity contribution >= 4 is 23.2 Å². The molecule has 0 radical (unpaired) electrons. The van der Waals surface area contributed by atoms with Crippen LogP contribution in [0.5, 0.6) is 0 Å². The van der Waals surface area contributed by atoms with Crippen molar-refractivity contribution in [1.82, 2.24) is 4.98 Å². The van der Waals surface area contributed by atoms with Gasteiger partial charge in [0.1, 0.15) is 5.82 Å². The topological polar surface area (TPSA) is 57.0 Å². The van der Waals surface area contributed by atoms with Gasteiger partial charge >= 0.3 is 6.03 Å². The van der Waals surface area contributed by atoms with Crippen LogP contribution in [0.1, 0.15) is 6.92 Å². The highest BCUT2D eigenvalue weighted by atomic mass is 19.1. The van der Waals surface area contributed by atoms with Gasteiger partial charge in [-0.05, 0) is 31.2 Å². The predicted molar refractivity (Wildman–Crippen MR) is 80.1 cm³/mol. The highest BCUT2D eigenvalue weighted by molar-refractivity contribution is 6.01. The van der Waals surface area contributed by atoms with E-state index in [1.165, 1.54) is 12.1 Å². The fourth-order valence-electron chi connectivity index (χ4n) is 2.09. The highest BCUT2D eigenvalue weighted by Gasteiger charge is 2.32. The SMILES string of the molecule is CC1CN1c1ncccc1NC(=O)Nc1ccccc1F. The van der Waals surface area contributed by atoms with Gasteiger partial charge in [-0.2, -0.15) is 0 Å². The Morgan fingerprint density at radius 1 is 1.24 bits per heavy atom. The molecule has 1 aromatic heterocycles. The van der Waals surface area contributed by atoms with Gasteiger partial charge in [0.2, 0.25) is 0 Å². The molecule has 1 aromatic carbocycles. The third-order valence-corrected chi connectivity index (χ3v) is 3.29. The van der Waals surface area contributed by atoms with Crippen molar-refractivity contribution in [2.75, 3.05) is 22.1 Å². The number of carbonyl (C=O) groups excluding carboxylic acids is 1. The van der Waals surface area contributed by atoms with Crippen LogP contribution in [0.4, 0.5) is 26.4 Å². The number of nitrogens with zero attached hydrogens (tertiary/aromatic N) is 2. The predicted octanol–water partition coefficient (Wildman–Crippen LogP) is 3.07. The summed E-state index contributed by atoms with van der Waals surface area (Å²) in [6.45, 7) is 3.00. The second-order valence-electron chi connectivity index (χ2n) is 4.93. The molecule has 1 aliphatic heterocycles. The molecule has 2 aromatic rings. The Hall–Kier alpha value is -2.63. The van der Waals surface area contributed by atoms with Crippen LogP contribution in [-0.2, 0) is 0 Å². The Labute approximate surface area is 121 Å². The number of benzene rings is 1.